The molecule has 1 unspecified atom stereocenters. The quantitative estimate of drug-likeness (QED) is 0.631. The van der Waals surface area contributed by atoms with Gasteiger partial charge in [0, 0.05) is 0 Å². The van der Waals surface area contributed by atoms with Crippen LogP contribution >= 0.6 is 0 Å². The molecule has 0 amide bonds. The minimum absolute atomic E-state index is 0.0986. The molecule has 23 heavy (non-hydrogen) atoms. The molecule has 2 heteroatoms. The summed E-state index contributed by atoms with van der Waals surface area (Å²) in [6, 6.07) is 10.6. The van der Waals surface area contributed by atoms with Crippen molar-refractivity contribution in [1.82, 2.24) is 0 Å². The SMILES string of the molecule is C/C=C/CCc1ccc(C2CCc3cc(F)ccc3C2)c(F)c1. The molecule has 0 fully saturated rings. The molecule has 0 heterocycles. The maximum absolute atomic E-state index is 14.5. The molecule has 0 spiro atoms. The Labute approximate surface area is 136 Å². The number of allylic oxidation sites excluding steroid dienone is 2. The van der Waals surface area contributed by atoms with Gasteiger partial charge in [-0.05, 0) is 85.4 Å². The monoisotopic (exact) mass is 312 g/mol. The first-order valence-electron chi connectivity index (χ1n) is 8.34. The molecular weight excluding hydrogens is 290 g/mol. The molecule has 2 aromatic rings. The molecule has 0 saturated heterocycles. The molecule has 2 aromatic carbocycles. The second-order valence-electron chi connectivity index (χ2n) is 6.32. The van der Waals surface area contributed by atoms with Gasteiger partial charge in [0.2, 0.25) is 0 Å². The molecule has 1 aliphatic rings. The Morgan fingerprint density at radius 3 is 2.74 bits per heavy atom. The molecule has 0 nitrogen and oxygen atoms in total. The van der Waals surface area contributed by atoms with Crippen LogP contribution < -0.4 is 0 Å². The van der Waals surface area contributed by atoms with E-state index in [1.54, 1.807) is 12.1 Å². The molecule has 0 bridgehead atoms. The van der Waals surface area contributed by atoms with Crippen molar-refractivity contribution in [1.29, 1.82) is 0 Å². The van der Waals surface area contributed by atoms with Gasteiger partial charge in [-0.1, -0.05) is 30.4 Å². The van der Waals surface area contributed by atoms with E-state index < -0.39 is 0 Å². The summed E-state index contributed by atoms with van der Waals surface area (Å²) in [4.78, 5) is 0. The Morgan fingerprint density at radius 2 is 1.96 bits per heavy atom. The molecular formula is C21H22F2. The largest absolute Gasteiger partial charge is 0.207 e. The molecule has 0 saturated carbocycles. The lowest BCUT2D eigenvalue weighted by molar-refractivity contribution is 0.529. The maximum atomic E-state index is 14.5. The lowest BCUT2D eigenvalue weighted by Crippen LogP contribution is -2.14. The van der Waals surface area contributed by atoms with Crippen molar-refractivity contribution in [3.63, 3.8) is 0 Å². The van der Waals surface area contributed by atoms with Crippen molar-refractivity contribution < 1.29 is 8.78 Å². The van der Waals surface area contributed by atoms with Gasteiger partial charge in [0.15, 0.2) is 0 Å². The van der Waals surface area contributed by atoms with E-state index in [9.17, 15) is 8.78 Å². The molecule has 0 radical (unpaired) electrons. The van der Waals surface area contributed by atoms with Crippen LogP contribution in [0.1, 0.15) is 47.9 Å². The Morgan fingerprint density at radius 1 is 1.09 bits per heavy atom. The summed E-state index contributed by atoms with van der Waals surface area (Å²) in [7, 11) is 0. The number of hydrogen-bond donors (Lipinski definition) is 0. The van der Waals surface area contributed by atoms with Gasteiger partial charge in [-0.3, -0.25) is 0 Å². The van der Waals surface area contributed by atoms with Crippen LogP contribution in [0.2, 0.25) is 0 Å². The van der Waals surface area contributed by atoms with Crippen LogP contribution in [0, 0.1) is 11.6 Å². The van der Waals surface area contributed by atoms with Gasteiger partial charge in [0.25, 0.3) is 0 Å². The molecule has 1 aliphatic carbocycles. The third-order valence-corrected chi connectivity index (χ3v) is 4.74. The van der Waals surface area contributed by atoms with Gasteiger partial charge in [-0.15, -0.1) is 0 Å². The van der Waals surface area contributed by atoms with E-state index in [-0.39, 0.29) is 17.6 Å². The summed E-state index contributed by atoms with van der Waals surface area (Å²) in [5, 5.41) is 0. The summed E-state index contributed by atoms with van der Waals surface area (Å²) in [6.45, 7) is 2.00. The Kier molecular flexibility index (Phi) is 4.90. The van der Waals surface area contributed by atoms with Crippen LogP contribution in [0.4, 0.5) is 8.78 Å². The molecule has 1 atom stereocenters. The first-order chi connectivity index (χ1) is 11.2. The van der Waals surface area contributed by atoms with Gasteiger partial charge in [-0.2, -0.15) is 0 Å². The number of hydrogen-bond acceptors (Lipinski definition) is 0. The zero-order valence-corrected chi connectivity index (χ0v) is 13.5. The zero-order chi connectivity index (χ0) is 16.2. The van der Waals surface area contributed by atoms with Gasteiger partial charge in [-0.25, -0.2) is 8.78 Å². The van der Waals surface area contributed by atoms with Crippen molar-refractivity contribution in [3.8, 4) is 0 Å². The predicted molar refractivity (Wildman–Crippen MR) is 90.7 cm³/mol. The minimum atomic E-state index is -0.182. The average Bonchev–Trinajstić information content (AvgIpc) is 2.55. The normalized spacial score (nSPS) is 17.4. The van der Waals surface area contributed by atoms with E-state index in [0.29, 0.717) is 0 Å². The van der Waals surface area contributed by atoms with Crippen LogP contribution in [-0.4, -0.2) is 0 Å². The van der Waals surface area contributed by atoms with Crippen LogP contribution in [-0.2, 0) is 19.3 Å². The number of fused-ring (bicyclic) bond motifs is 1. The van der Waals surface area contributed by atoms with E-state index in [4.69, 9.17) is 0 Å². The molecule has 0 aromatic heterocycles. The molecule has 3 rings (SSSR count). The number of rotatable bonds is 4. The van der Waals surface area contributed by atoms with E-state index in [1.165, 1.54) is 6.07 Å². The Hall–Kier alpha value is -1.96. The van der Waals surface area contributed by atoms with Crippen molar-refractivity contribution >= 4 is 0 Å². The summed E-state index contributed by atoms with van der Waals surface area (Å²) < 4.78 is 27.8. The third-order valence-electron chi connectivity index (χ3n) is 4.74. The molecule has 120 valence electrons. The third kappa shape index (κ3) is 3.69. The summed E-state index contributed by atoms with van der Waals surface area (Å²) >= 11 is 0. The molecule has 0 N–H and O–H groups in total. The highest BCUT2D eigenvalue weighted by molar-refractivity contribution is 5.36. The van der Waals surface area contributed by atoms with Gasteiger partial charge >= 0.3 is 0 Å². The van der Waals surface area contributed by atoms with Crippen molar-refractivity contribution in [2.45, 2.75) is 44.9 Å². The lowest BCUT2D eigenvalue weighted by atomic mass is 9.80. The predicted octanol–water partition coefficient (Wildman–Crippen LogP) is 5.75. The number of benzene rings is 2. The summed E-state index contributed by atoms with van der Waals surface area (Å²) in [5.41, 5.74) is 4.07. The Bertz CT molecular complexity index is 716. The van der Waals surface area contributed by atoms with Crippen LogP contribution in [0.25, 0.3) is 0 Å². The van der Waals surface area contributed by atoms with E-state index in [0.717, 1.165) is 54.4 Å². The Balaban J connectivity index is 1.76. The minimum Gasteiger partial charge on any atom is -0.207 e. The topological polar surface area (TPSA) is 0 Å². The maximum Gasteiger partial charge on any atom is 0.126 e. The number of aryl methyl sites for hydroxylation is 2. The fraction of sp³-hybridized carbons (Fsp3) is 0.333. The van der Waals surface area contributed by atoms with Gasteiger partial charge in [0.1, 0.15) is 11.6 Å². The average molecular weight is 312 g/mol. The van der Waals surface area contributed by atoms with Crippen molar-refractivity contribution in [2.75, 3.05) is 0 Å². The zero-order valence-electron chi connectivity index (χ0n) is 13.5. The number of halogens is 2. The standard InChI is InChI=1S/C21H22F2/c1-2-3-4-5-15-6-11-20(21(23)12-15)18-8-7-17-14-19(22)10-9-16(17)13-18/h2-3,6,9-12,14,18H,4-5,7-8,13H2,1H3/b3-2+. The van der Waals surface area contributed by atoms with Crippen molar-refractivity contribution in [2.24, 2.45) is 0 Å². The van der Waals surface area contributed by atoms with Gasteiger partial charge in [0.05, 0.1) is 0 Å². The highest BCUT2D eigenvalue weighted by Crippen LogP contribution is 2.34. The van der Waals surface area contributed by atoms with Crippen LogP contribution in [0.3, 0.4) is 0 Å². The van der Waals surface area contributed by atoms with E-state index >= 15 is 0 Å². The second-order valence-corrected chi connectivity index (χ2v) is 6.32. The smallest absolute Gasteiger partial charge is 0.126 e. The lowest BCUT2D eigenvalue weighted by Gasteiger charge is -2.25. The second kappa shape index (κ2) is 7.08. The summed E-state index contributed by atoms with van der Waals surface area (Å²) in [6.07, 6.45) is 8.43. The first-order valence-corrected chi connectivity index (χ1v) is 8.34. The van der Waals surface area contributed by atoms with Gasteiger partial charge < -0.3 is 0 Å². The fourth-order valence-corrected chi connectivity index (χ4v) is 3.46. The van der Waals surface area contributed by atoms with Crippen molar-refractivity contribution in [3.05, 3.63) is 82.4 Å². The fourth-order valence-electron chi connectivity index (χ4n) is 3.46. The summed E-state index contributed by atoms with van der Waals surface area (Å²) in [5.74, 6) is -0.0880. The van der Waals surface area contributed by atoms with Crippen LogP contribution in [0.5, 0.6) is 0 Å². The molecule has 0 aliphatic heterocycles. The van der Waals surface area contributed by atoms with E-state index in [2.05, 4.69) is 6.08 Å². The van der Waals surface area contributed by atoms with Crippen LogP contribution in [0.15, 0.2) is 48.6 Å². The highest BCUT2D eigenvalue weighted by atomic mass is 19.1. The highest BCUT2D eigenvalue weighted by Gasteiger charge is 2.22. The first kappa shape index (κ1) is 15.9. The van der Waals surface area contributed by atoms with E-state index in [1.807, 2.05) is 31.2 Å².